The molecule has 0 heterocycles. The number of amides is 1. The van der Waals surface area contributed by atoms with Crippen LogP contribution in [0.4, 0.5) is 18.9 Å². The topological polar surface area (TPSA) is 38.3 Å². The molecule has 1 amide bonds. The Morgan fingerprint density at radius 1 is 1.47 bits per heavy atom. The van der Waals surface area contributed by atoms with Gasteiger partial charge in [-0.15, -0.1) is 0 Å². The number of carbonyl (C=O) groups excluding carboxylic acids is 1. The Morgan fingerprint density at radius 3 is 2.65 bits per heavy atom. The second-order valence-electron chi connectivity index (χ2n) is 3.18. The quantitative estimate of drug-likeness (QED) is 0.929. The SMILES string of the molecule is COc1ccc(Br)cc1NC(=O)CC(F)(F)F. The van der Waals surface area contributed by atoms with E-state index in [4.69, 9.17) is 4.74 Å². The Hall–Kier alpha value is -1.24. The molecule has 3 nitrogen and oxygen atoms in total. The fourth-order valence-corrected chi connectivity index (χ4v) is 1.52. The summed E-state index contributed by atoms with van der Waals surface area (Å²) in [6.45, 7) is 0. The molecule has 1 rings (SSSR count). The number of rotatable bonds is 3. The summed E-state index contributed by atoms with van der Waals surface area (Å²) in [7, 11) is 1.36. The highest BCUT2D eigenvalue weighted by atomic mass is 79.9. The molecule has 0 unspecified atom stereocenters. The van der Waals surface area contributed by atoms with Crippen molar-refractivity contribution in [1.29, 1.82) is 0 Å². The normalized spacial score (nSPS) is 11.1. The summed E-state index contributed by atoms with van der Waals surface area (Å²) < 4.78 is 41.4. The first-order valence-electron chi connectivity index (χ1n) is 4.52. The molecule has 0 aromatic heterocycles. The van der Waals surface area contributed by atoms with Crippen molar-refractivity contribution in [2.24, 2.45) is 0 Å². The minimum Gasteiger partial charge on any atom is -0.495 e. The molecule has 0 aliphatic rings. The number of benzene rings is 1. The van der Waals surface area contributed by atoms with Crippen molar-refractivity contribution in [2.45, 2.75) is 12.6 Å². The van der Waals surface area contributed by atoms with Crippen LogP contribution in [0.1, 0.15) is 6.42 Å². The highest BCUT2D eigenvalue weighted by Crippen LogP contribution is 2.29. The molecule has 1 N–H and O–H groups in total. The number of alkyl halides is 3. The largest absolute Gasteiger partial charge is 0.495 e. The van der Waals surface area contributed by atoms with E-state index in [9.17, 15) is 18.0 Å². The minimum atomic E-state index is -4.52. The average Bonchev–Trinajstić information content (AvgIpc) is 2.14. The zero-order valence-corrected chi connectivity index (χ0v) is 10.4. The lowest BCUT2D eigenvalue weighted by molar-refractivity contribution is -0.150. The Balaban J connectivity index is 2.80. The van der Waals surface area contributed by atoms with E-state index in [2.05, 4.69) is 21.2 Å². The highest BCUT2D eigenvalue weighted by Gasteiger charge is 2.31. The summed E-state index contributed by atoms with van der Waals surface area (Å²) in [6.07, 6.45) is -6.05. The monoisotopic (exact) mass is 311 g/mol. The molecular formula is C10H9BrF3NO2. The Bertz CT molecular complexity index is 421. The molecule has 0 saturated carbocycles. The van der Waals surface area contributed by atoms with Gasteiger partial charge >= 0.3 is 6.18 Å². The van der Waals surface area contributed by atoms with Crippen molar-refractivity contribution in [3.8, 4) is 5.75 Å². The molecule has 7 heteroatoms. The van der Waals surface area contributed by atoms with E-state index < -0.39 is 18.5 Å². The number of hydrogen-bond acceptors (Lipinski definition) is 2. The molecule has 0 radical (unpaired) electrons. The van der Waals surface area contributed by atoms with Crippen molar-refractivity contribution < 1.29 is 22.7 Å². The smallest absolute Gasteiger partial charge is 0.397 e. The van der Waals surface area contributed by atoms with Crippen LogP contribution in [0.3, 0.4) is 0 Å². The average molecular weight is 312 g/mol. The van der Waals surface area contributed by atoms with Gasteiger partial charge in [-0.05, 0) is 18.2 Å². The van der Waals surface area contributed by atoms with E-state index in [0.29, 0.717) is 10.2 Å². The number of anilines is 1. The van der Waals surface area contributed by atoms with E-state index >= 15 is 0 Å². The van der Waals surface area contributed by atoms with Gasteiger partial charge < -0.3 is 10.1 Å². The molecule has 0 aliphatic carbocycles. The lowest BCUT2D eigenvalue weighted by Crippen LogP contribution is -2.21. The van der Waals surface area contributed by atoms with Crippen molar-refractivity contribution in [3.05, 3.63) is 22.7 Å². The molecule has 1 aromatic carbocycles. The third-order valence-corrected chi connectivity index (χ3v) is 2.29. The van der Waals surface area contributed by atoms with Gasteiger partial charge in [0.25, 0.3) is 0 Å². The van der Waals surface area contributed by atoms with Crippen molar-refractivity contribution >= 4 is 27.5 Å². The molecule has 0 aliphatic heterocycles. The van der Waals surface area contributed by atoms with Crippen molar-refractivity contribution in [2.75, 3.05) is 12.4 Å². The van der Waals surface area contributed by atoms with Gasteiger partial charge in [-0.25, -0.2) is 0 Å². The Labute approximate surface area is 104 Å². The molecule has 0 bridgehead atoms. The van der Waals surface area contributed by atoms with Crippen molar-refractivity contribution in [1.82, 2.24) is 0 Å². The molecular weight excluding hydrogens is 303 g/mol. The van der Waals surface area contributed by atoms with Gasteiger partial charge in [-0.1, -0.05) is 15.9 Å². The number of methoxy groups -OCH3 is 1. The standard InChI is InChI=1S/C10H9BrF3NO2/c1-17-8-3-2-6(11)4-7(8)15-9(16)5-10(12,13)14/h2-4H,5H2,1H3,(H,15,16). The summed E-state index contributed by atoms with van der Waals surface area (Å²) in [5, 5.41) is 2.14. The maximum atomic E-state index is 12.0. The van der Waals surface area contributed by atoms with Gasteiger partial charge in [0.2, 0.25) is 5.91 Å². The fourth-order valence-electron chi connectivity index (χ4n) is 1.15. The lowest BCUT2D eigenvalue weighted by atomic mass is 10.2. The van der Waals surface area contributed by atoms with E-state index in [1.165, 1.54) is 19.2 Å². The van der Waals surface area contributed by atoms with E-state index in [1.54, 1.807) is 6.07 Å². The van der Waals surface area contributed by atoms with Gasteiger partial charge in [0.1, 0.15) is 12.2 Å². The van der Waals surface area contributed by atoms with Crippen LogP contribution < -0.4 is 10.1 Å². The van der Waals surface area contributed by atoms with E-state index in [1.807, 2.05) is 0 Å². The van der Waals surface area contributed by atoms with Crippen LogP contribution in [0.15, 0.2) is 22.7 Å². The third kappa shape index (κ3) is 4.64. The first-order chi connectivity index (χ1) is 7.81. The van der Waals surface area contributed by atoms with Crippen LogP contribution in [-0.2, 0) is 4.79 Å². The van der Waals surface area contributed by atoms with Gasteiger partial charge in [-0.3, -0.25) is 4.79 Å². The highest BCUT2D eigenvalue weighted by molar-refractivity contribution is 9.10. The Kier molecular flexibility index (Phi) is 4.39. The number of ether oxygens (including phenoxy) is 1. The zero-order chi connectivity index (χ0) is 13.1. The zero-order valence-electron chi connectivity index (χ0n) is 8.77. The summed E-state index contributed by atoms with van der Waals surface area (Å²) in [6, 6.07) is 4.65. The third-order valence-electron chi connectivity index (χ3n) is 1.80. The van der Waals surface area contributed by atoms with Gasteiger partial charge in [0.05, 0.1) is 12.8 Å². The van der Waals surface area contributed by atoms with Crippen LogP contribution in [0.2, 0.25) is 0 Å². The number of carbonyl (C=O) groups is 1. The van der Waals surface area contributed by atoms with Gasteiger partial charge in [0.15, 0.2) is 0 Å². The Morgan fingerprint density at radius 2 is 2.12 bits per heavy atom. The van der Waals surface area contributed by atoms with Crippen LogP contribution in [0.25, 0.3) is 0 Å². The predicted molar refractivity (Wildman–Crippen MR) is 60.0 cm³/mol. The van der Waals surface area contributed by atoms with Gasteiger partial charge in [-0.2, -0.15) is 13.2 Å². The van der Waals surface area contributed by atoms with Crippen LogP contribution in [-0.4, -0.2) is 19.2 Å². The lowest BCUT2D eigenvalue weighted by Gasteiger charge is -2.11. The van der Waals surface area contributed by atoms with E-state index in [-0.39, 0.29) is 5.69 Å². The van der Waals surface area contributed by atoms with Crippen LogP contribution in [0.5, 0.6) is 5.75 Å². The molecule has 0 fully saturated rings. The summed E-state index contributed by atoms with van der Waals surface area (Å²) in [5.41, 5.74) is 0.191. The maximum absolute atomic E-state index is 12.0. The molecule has 94 valence electrons. The number of halogens is 4. The van der Waals surface area contributed by atoms with Crippen LogP contribution >= 0.6 is 15.9 Å². The molecule has 17 heavy (non-hydrogen) atoms. The number of nitrogens with one attached hydrogen (secondary N) is 1. The molecule has 0 atom stereocenters. The summed E-state index contributed by atoms with van der Waals surface area (Å²) in [4.78, 5) is 11.1. The minimum absolute atomic E-state index is 0.191. The van der Waals surface area contributed by atoms with Gasteiger partial charge in [0, 0.05) is 4.47 Å². The predicted octanol–water partition coefficient (Wildman–Crippen LogP) is 3.35. The van der Waals surface area contributed by atoms with Crippen molar-refractivity contribution in [3.63, 3.8) is 0 Å². The second kappa shape index (κ2) is 5.39. The summed E-state index contributed by atoms with van der Waals surface area (Å²) in [5.74, 6) is -0.836. The first kappa shape index (κ1) is 13.8. The fraction of sp³-hybridized carbons (Fsp3) is 0.300. The number of hydrogen-bond donors (Lipinski definition) is 1. The van der Waals surface area contributed by atoms with E-state index in [0.717, 1.165) is 0 Å². The van der Waals surface area contributed by atoms with Crippen LogP contribution in [0, 0.1) is 0 Å². The first-order valence-corrected chi connectivity index (χ1v) is 5.31. The molecule has 1 aromatic rings. The second-order valence-corrected chi connectivity index (χ2v) is 4.10. The molecule has 0 saturated heterocycles. The maximum Gasteiger partial charge on any atom is 0.397 e. The molecule has 0 spiro atoms. The summed E-state index contributed by atoms with van der Waals surface area (Å²) >= 11 is 3.15.